The third kappa shape index (κ3) is 4.66. The second-order valence-electron chi connectivity index (χ2n) is 4.96. The normalized spacial score (nSPS) is 11.2. The molecule has 0 saturated heterocycles. The van der Waals surface area contributed by atoms with Gasteiger partial charge in [0.15, 0.2) is 5.78 Å². The Kier molecular flexibility index (Phi) is 5.20. The van der Waals surface area contributed by atoms with Crippen LogP contribution in [0.15, 0.2) is 59.7 Å². The summed E-state index contributed by atoms with van der Waals surface area (Å²) in [6, 6.07) is 13.2. The van der Waals surface area contributed by atoms with Crippen molar-refractivity contribution in [3.8, 4) is 0 Å². The molecule has 112 valence electrons. The molecule has 0 bridgehead atoms. The Balaban J connectivity index is 2.03. The molecule has 0 aliphatic heterocycles. The standard InChI is InChI=1S/C18H17FN2O/c1-21(2)20-13-15-5-3-14(4-6-15)7-12-18(22)16-8-10-17(19)11-9-16/h3-13H,1-2H3/b12-7+,20-13+. The van der Waals surface area contributed by atoms with E-state index < -0.39 is 0 Å². The number of carbonyl (C=O) groups is 1. The third-order valence-corrected chi connectivity index (χ3v) is 2.93. The molecular formula is C18H17FN2O. The molecule has 0 unspecified atom stereocenters. The summed E-state index contributed by atoms with van der Waals surface area (Å²) >= 11 is 0. The molecule has 3 nitrogen and oxygen atoms in total. The number of benzene rings is 2. The van der Waals surface area contributed by atoms with Crippen LogP contribution >= 0.6 is 0 Å². The summed E-state index contributed by atoms with van der Waals surface area (Å²) in [6.07, 6.45) is 4.98. The summed E-state index contributed by atoms with van der Waals surface area (Å²) in [7, 11) is 3.71. The van der Waals surface area contributed by atoms with E-state index in [2.05, 4.69) is 5.10 Å². The molecule has 0 fully saturated rings. The Morgan fingerprint density at radius 2 is 1.59 bits per heavy atom. The molecule has 2 aromatic rings. The van der Waals surface area contributed by atoms with Crippen LogP contribution in [0.25, 0.3) is 6.08 Å². The lowest BCUT2D eigenvalue weighted by atomic mass is 10.1. The lowest BCUT2D eigenvalue weighted by Gasteiger charge is -2.02. The molecule has 0 aliphatic carbocycles. The number of nitrogens with zero attached hydrogens (tertiary/aromatic N) is 2. The van der Waals surface area contributed by atoms with Crippen LogP contribution in [0, 0.1) is 5.82 Å². The van der Waals surface area contributed by atoms with Crippen molar-refractivity contribution >= 4 is 18.1 Å². The van der Waals surface area contributed by atoms with E-state index in [1.54, 1.807) is 17.3 Å². The molecule has 0 spiro atoms. The number of halogens is 1. The van der Waals surface area contributed by atoms with Crippen molar-refractivity contribution in [2.75, 3.05) is 14.1 Å². The first-order valence-electron chi connectivity index (χ1n) is 6.84. The summed E-state index contributed by atoms with van der Waals surface area (Å²) in [4.78, 5) is 11.9. The molecule has 22 heavy (non-hydrogen) atoms. The first kappa shape index (κ1) is 15.6. The fraction of sp³-hybridized carbons (Fsp3) is 0.111. The van der Waals surface area contributed by atoms with E-state index in [-0.39, 0.29) is 11.6 Å². The van der Waals surface area contributed by atoms with Crippen LogP contribution in [0.1, 0.15) is 21.5 Å². The molecule has 2 rings (SSSR count). The summed E-state index contributed by atoms with van der Waals surface area (Å²) in [6.45, 7) is 0. The van der Waals surface area contributed by atoms with Gasteiger partial charge in [-0.3, -0.25) is 4.79 Å². The molecule has 0 heterocycles. The fourth-order valence-electron chi connectivity index (χ4n) is 1.76. The average molecular weight is 296 g/mol. The van der Waals surface area contributed by atoms with Gasteiger partial charge in [0.25, 0.3) is 0 Å². The topological polar surface area (TPSA) is 32.7 Å². The molecule has 2 aromatic carbocycles. The second kappa shape index (κ2) is 7.31. The molecule has 0 amide bonds. The van der Waals surface area contributed by atoms with Crippen LogP contribution in [0.3, 0.4) is 0 Å². The van der Waals surface area contributed by atoms with Crippen LogP contribution in [0.4, 0.5) is 4.39 Å². The van der Waals surface area contributed by atoms with E-state index in [9.17, 15) is 9.18 Å². The van der Waals surface area contributed by atoms with Crippen molar-refractivity contribution in [1.82, 2.24) is 5.01 Å². The predicted molar refractivity (Wildman–Crippen MR) is 87.5 cm³/mol. The number of hydrazone groups is 1. The minimum absolute atomic E-state index is 0.154. The lowest BCUT2D eigenvalue weighted by molar-refractivity contribution is 0.104. The summed E-state index contributed by atoms with van der Waals surface area (Å²) in [5, 5.41) is 5.87. The van der Waals surface area contributed by atoms with E-state index in [4.69, 9.17) is 0 Å². The minimum Gasteiger partial charge on any atom is -0.303 e. The Hall–Kier alpha value is -2.75. The van der Waals surface area contributed by atoms with Gasteiger partial charge in [-0.25, -0.2) is 4.39 Å². The van der Waals surface area contributed by atoms with Gasteiger partial charge in [-0.1, -0.05) is 30.3 Å². The van der Waals surface area contributed by atoms with E-state index in [0.29, 0.717) is 5.56 Å². The van der Waals surface area contributed by atoms with Gasteiger partial charge in [-0.2, -0.15) is 5.10 Å². The number of allylic oxidation sites excluding steroid dienone is 1. The van der Waals surface area contributed by atoms with Crippen LogP contribution in [-0.2, 0) is 0 Å². The highest BCUT2D eigenvalue weighted by molar-refractivity contribution is 6.06. The molecule has 0 radical (unpaired) electrons. The lowest BCUT2D eigenvalue weighted by Crippen LogP contribution is -2.01. The number of hydrogen-bond acceptors (Lipinski definition) is 3. The van der Waals surface area contributed by atoms with Crippen molar-refractivity contribution in [2.24, 2.45) is 5.10 Å². The van der Waals surface area contributed by atoms with Crippen molar-refractivity contribution in [3.05, 3.63) is 77.1 Å². The highest BCUT2D eigenvalue weighted by atomic mass is 19.1. The molecule has 0 aliphatic rings. The molecule has 0 aromatic heterocycles. The largest absolute Gasteiger partial charge is 0.303 e. The molecule has 0 saturated carbocycles. The van der Waals surface area contributed by atoms with Crippen molar-refractivity contribution in [2.45, 2.75) is 0 Å². The Morgan fingerprint density at radius 1 is 1.00 bits per heavy atom. The molecule has 0 atom stereocenters. The van der Waals surface area contributed by atoms with Crippen LogP contribution in [0.2, 0.25) is 0 Å². The van der Waals surface area contributed by atoms with E-state index in [1.165, 1.54) is 30.3 Å². The Labute approximate surface area is 129 Å². The number of hydrogen-bond donors (Lipinski definition) is 0. The maximum atomic E-state index is 12.8. The van der Waals surface area contributed by atoms with Crippen LogP contribution in [-0.4, -0.2) is 31.1 Å². The zero-order chi connectivity index (χ0) is 15.9. The van der Waals surface area contributed by atoms with Crippen LogP contribution in [0.5, 0.6) is 0 Å². The van der Waals surface area contributed by atoms with Crippen molar-refractivity contribution < 1.29 is 9.18 Å². The highest BCUT2D eigenvalue weighted by Gasteiger charge is 2.01. The summed E-state index contributed by atoms with van der Waals surface area (Å²) in [5.74, 6) is -0.506. The first-order chi connectivity index (χ1) is 10.5. The molecule has 4 heteroatoms. The van der Waals surface area contributed by atoms with E-state index in [0.717, 1.165) is 11.1 Å². The second-order valence-corrected chi connectivity index (χ2v) is 4.96. The Morgan fingerprint density at radius 3 is 2.18 bits per heavy atom. The third-order valence-electron chi connectivity index (χ3n) is 2.93. The fourth-order valence-corrected chi connectivity index (χ4v) is 1.76. The van der Waals surface area contributed by atoms with Crippen molar-refractivity contribution in [3.63, 3.8) is 0 Å². The van der Waals surface area contributed by atoms with Gasteiger partial charge in [0, 0.05) is 19.7 Å². The van der Waals surface area contributed by atoms with Gasteiger partial charge in [-0.05, 0) is 41.5 Å². The van der Waals surface area contributed by atoms with Gasteiger partial charge < -0.3 is 5.01 Å². The summed E-state index contributed by atoms with van der Waals surface area (Å²) in [5.41, 5.74) is 2.36. The Bertz CT molecular complexity index is 686. The zero-order valence-electron chi connectivity index (χ0n) is 12.5. The average Bonchev–Trinajstić information content (AvgIpc) is 2.52. The highest BCUT2D eigenvalue weighted by Crippen LogP contribution is 2.08. The van der Waals surface area contributed by atoms with Gasteiger partial charge in [0.1, 0.15) is 5.82 Å². The number of carbonyl (C=O) groups excluding carboxylic acids is 1. The quantitative estimate of drug-likeness (QED) is 0.365. The van der Waals surface area contributed by atoms with Gasteiger partial charge in [0.05, 0.1) is 6.21 Å². The molecular weight excluding hydrogens is 279 g/mol. The minimum atomic E-state index is -0.351. The monoisotopic (exact) mass is 296 g/mol. The molecule has 0 N–H and O–H groups in total. The maximum absolute atomic E-state index is 12.8. The predicted octanol–water partition coefficient (Wildman–Crippen LogP) is 3.62. The SMILES string of the molecule is CN(C)/N=C/c1ccc(/C=C/C(=O)c2ccc(F)cc2)cc1. The summed E-state index contributed by atoms with van der Waals surface area (Å²) < 4.78 is 12.8. The number of ketones is 1. The van der Waals surface area contributed by atoms with E-state index in [1.807, 2.05) is 38.4 Å². The first-order valence-corrected chi connectivity index (χ1v) is 6.84. The van der Waals surface area contributed by atoms with Gasteiger partial charge in [-0.15, -0.1) is 0 Å². The van der Waals surface area contributed by atoms with Crippen LogP contribution < -0.4 is 0 Å². The maximum Gasteiger partial charge on any atom is 0.185 e. The van der Waals surface area contributed by atoms with Gasteiger partial charge in [0.2, 0.25) is 0 Å². The van der Waals surface area contributed by atoms with Crippen molar-refractivity contribution in [1.29, 1.82) is 0 Å². The zero-order valence-corrected chi connectivity index (χ0v) is 12.5. The van der Waals surface area contributed by atoms with Gasteiger partial charge >= 0.3 is 0 Å². The van der Waals surface area contributed by atoms with E-state index >= 15 is 0 Å². The number of rotatable bonds is 5. The smallest absolute Gasteiger partial charge is 0.185 e.